The number of rotatable bonds is 3. The van der Waals surface area contributed by atoms with Gasteiger partial charge in [-0.15, -0.1) is 0 Å². The zero-order valence-electron chi connectivity index (χ0n) is 10.8. The minimum atomic E-state index is -0.848. The normalized spacial score (nSPS) is 22.6. The monoisotopic (exact) mass is 299 g/mol. The van der Waals surface area contributed by atoms with E-state index in [1.807, 2.05) is 6.92 Å². The first kappa shape index (κ1) is 14.5. The summed E-state index contributed by atoms with van der Waals surface area (Å²) >= 11 is 6.03. The van der Waals surface area contributed by atoms with E-state index >= 15 is 0 Å². The highest BCUT2D eigenvalue weighted by Crippen LogP contribution is 2.31. The smallest absolute Gasteiger partial charge is 0.308 e. The third kappa shape index (κ3) is 2.98. The third-order valence-corrected chi connectivity index (χ3v) is 3.60. The third-order valence-electron chi connectivity index (χ3n) is 3.33. The Morgan fingerprint density at radius 3 is 2.85 bits per heavy atom. The number of aliphatic carboxylic acids is 1. The molecule has 0 saturated carbocycles. The number of carbonyl (C=O) groups is 1. The van der Waals surface area contributed by atoms with Gasteiger partial charge in [-0.3, -0.25) is 14.9 Å². The van der Waals surface area contributed by atoms with Crippen molar-refractivity contribution < 1.29 is 14.8 Å². The van der Waals surface area contributed by atoms with Gasteiger partial charge < -0.3 is 10.0 Å². The van der Waals surface area contributed by atoms with Gasteiger partial charge in [-0.25, -0.2) is 4.98 Å². The Hall–Kier alpha value is -1.89. The summed E-state index contributed by atoms with van der Waals surface area (Å²) in [4.78, 5) is 27.0. The zero-order valence-corrected chi connectivity index (χ0v) is 11.6. The molecule has 1 N–H and O–H groups in total. The van der Waals surface area contributed by atoms with Gasteiger partial charge in [0.25, 0.3) is 5.69 Å². The number of anilines is 1. The van der Waals surface area contributed by atoms with Crippen LogP contribution in [0.2, 0.25) is 5.02 Å². The van der Waals surface area contributed by atoms with Gasteiger partial charge in [0.1, 0.15) is 12.0 Å². The fourth-order valence-electron chi connectivity index (χ4n) is 2.46. The summed E-state index contributed by atoms with van der Waals surface area (Å²) < 4.78 is 0. The molecule has 0 amide bonds. The second kappa shape index (κ2) is 5.62. The van der Waals surface area contributed by atoms with Gasteiger partial charge in [0.2, 0.25) is 0 Å². The molecule has 1 aliphatic rings. The summed E-state index contributed by atoms with van der Waals surface area (Å²) in [6.45, 7) is 2.90. The van der Waals surface area contributed by atoms with E-state index in [0.29, 0.717) is 25.3 Å². The van der Waals surface area contributed by atoms with Crippen LogP contribution < -0.4 is 4.90 Å². The maximum Gasteiger partial charge on any atom is 0.308 e. The molecule has 1 aliphatic heterocycles. The summed E-state index contributed by atoms with van der Waals surface area (Å²) in [5.41, 5.74) is -0.182. The molecule has 0 aliphatic carbocycles. The number of carboxylic acids is 1. The van der Waals surface area contributed by atoms with Gasteiger partial charge in [-0.05, 0) is 12.3 Å². The summed E-state index contributed by atoms with van der Waals surface area (Å²) in [6, 6.07) is 1.24. The molecule has 8 heteroatoms. The molecule has 1 aromatic rings. The van der Waals surface area contributed by atoms with Crippen LogP contribution in [0.25, 0.3) is 0 Å². The minimum Gasteiger partial charge on any atom is -0.481 e. The molecule has 1 aromatic heterocycles. The molecule has 0 radical (unpaired) electrons. The van der Waals surface area contributed by atoms with Gasteiger partial charge >= 0.3 is 5.97 Å². The second-order valence-corrected chi connectivity index (χ2v) is 5.44. The van der Waals surface area contributed by atoms with Crippen molar-refractivity contribution in [2.75, 3.05) is 18.0 Å². The van der Waals surface area contributed by atoms with Gasteiger partial charge in [-0.1, -0.05) is 18.5 Å². The number of piperidine rings is 1. The van der Waals surface area contributed by atoms with Crippen molar-refractivity contribution in [2.45, 2.75) is 13.3 Å². The number of nitro groups is 1. The van der Waals surface area contributed by atoms with Gasteiger partial charge in [-0.2, -0.15) is 0 Å². The Balaban J connectivity index is 2.26. The van der Waals surface area contributed by atoms with E-state index in [1.54, 1.807) is 4.90 Å². The van der Waals surface area contributed by atoms with Crippen molar-refractivity contribution in [3.63, 3.8) is 0 Å². The number of carboxylic acid groups (broad SMARTS) is 1. The van der Waals surface area contributed by atoms with Crippen LogP contribution >= 0.6 is 11.6 Å². The number of aromatic nitrogens is 1. The van der Waals surface area contributed by atoms with E-state index in [4.69, 9.17) is 16.7 Å². The van der Waals surface area contributed by atoms with E-state index in [1.165, 1.54) is 6.07 Å². The highest BCUT2D eigenvalue weighted by molar-refractivity contribution is 6.33. The van der Waals surface area contributed by atoms with Crippen molar-refractivity contribution in [3.8, 4) is 0 Å². The predicted octanol–water partition coefficient (Wildman–Crippen LogP) is 2.19. The van der Waals surface area contributed by atoms with E-state index in [9.17, 15) is 14.9 Å². The SMILES string of the molecule is CC1CC(C(=O)O)CN(c2ncc([N+](=O)[O-])cc2Cl)C1. The fourth-order valence-corrected chi connectivity index (χ4v) is 2.74. The molecule has 1 fully saturated rings. The number of nitrogens with zero attached hydrogens (tertiary/aromatic N) is 3. The van der Waals surface area contributed by atoms with Crippen LogP contribution in [0.4, 0.5) is 11.5 Å². The highest BCUT2D eigenvalue weighted by Gasteiger charge is 2.31. The van der Waals surface area contributed by atoms with Gasteiger partial charge in [0.15, 0.2) is 0 Å². The number of hydrogen-bond donors (Lipinski definition) is 1. The number of hydrogen-bond acceptors (Lipinski definition) is 5. The molecule has 7 nitrogen and oxygen atoms in total. The topological polar surface area (TPSA) is 96.6 Å². The summed E-state index contributed by atoms with van der Waals surface area (Å²) in [6.07, 6.45) is 1.74. The van der Waals surface area contributed by atoms with Crippen LogP contribution in [0.15, 0.2) is 12.3 Å². The number of pyridine rings is 1. The molecular weight excluding hydrogens is 286 g/mol. The van der Waals surface area contributed by atoms with E-state index in [2.05, 4.69) is 4.98 Å². The molecule has 2 rings (SSSR count). The first-order valence-corrected chi connectivity index (χ1v) is 6.54. The highest BCUT2D eigenvalue weighted by atomic mass is 35.5. The Morgan fingerprint density at radius 1 is 1.60 bits per heavy atom. The summed E-state index contributed by atoms with van der Waals surface area (Å²) in [5.74, 6) is -0.737. The second-order valence-electron chi connectivity index (χ2n) is 5.04. The Kier molecular flexibility index (Phi) is 4.08. The van der Waals surface area contributed by atoms with Crippen molar-refractivity contribution in [1.29, 1.82) is 0 Å². The fraction of sp³-hybridized carbons (Fsp3) is 0.500. The lowest BCUT2D eigenvalue weighted by molar-refractivity contribution is -0.385. The first-order valence-electron chi connectivity index (χ1n) is 6.16. The van der Waals surface area contributed by atoms with Crippen LogP contribution in [-0.2, 0) is 4.79 Å². The molecule has 2 heterocycles. The predicted molar refractivity (Wildman–Crippen MR) is 73.0 cm³/mol. The van der Waals surface area contributed by atoms with Crippen molar-refractivity contribution in [2.24, 2.45) is 11.8 Å². The van der Waals surface area contributed by atoms with Gasteiger partial charge in [0.05, 0.1) is 15.9 Å². The quantitative estimate of drug-likeness (QED) is 0.679. The van der Waals surface area contributed by atoms with Crippen LogP contribution in [0, 0.1) is 22.0 Å². The maximum absolute atomic E-state index is 11.1. The lowest BCUT2D eigenvalue weighted by atomic mass is 9.90. The van der Waals surface area contributed by atoms with Crippen LogP contribution in [0.5, 0.6) is 0 Å². The Labute approximate surface area is 120 Å². The van der Waals surface area contributed by atoms with E-state index in [0.717, 1.165) is 6.20 Å². The first-order chi connectivity index (χ1) is 9.38. The van der Waals surface area contributed by atoms with Crippen molar-refractivity contribution in [1.82, 2.24) is 4.98 Å². The van der Waals surface area contributed by atoms with Crippen molar-refractivity contribution >= 4 is 29.1 Å². The van der Waals surface area contributed by atoms with E-state index < -0.39 is 16.8 Å². The van der Waals surface area contributed by atoms with Crippen LogP contribution in [-0.4, -0.2) is 34.1 Å². The largest absolute Gasteiger partial charge is 0.481 e. The molecule has 20 heavy (non-hydrogen) atoms. The molecule has 0 spiro atoms. The molecule has 0 bridgehead atoms. The minimum absolute atomic E-state index is 0.164. The molecule has 2 atom stereocenters. The van der Waals surface area contributed by atoms with Crippen LogP contribution in [0.1, 0.15) is 13.3 Å². The summed E-state index contributed by atoms with van der Waals surface area (Å²) in [7, 11) is 0. The van der Waals surface area contributed by atoms with Crippen LogP contribution in [0.3, 0.4) is 0 Å². The molecule has 0 aromatic carbocycles. The molecular formula is C12H14ClN3O4. The standard InChI is InChI=1S/C12H14ClN3O4/c1-7-2-8(12(17)18)6-15(5-7)11-10(13)3-9(4-14-11)16(19)20/h3-4,7-8H,2,5-6H2,1H3,(H,17,18). The Bertz CT molecular complexity index is 552. The lowest BCUT2D eigenvalue weighted by Gasteiger charge is -2.35. The molecule has 2 unspecified atom stereocenters. The maximum atomic E-state index is 11.1. The molecule has 1 saturated heterocycles. The Morgan fingerprint density at radius 2 is 2.30 bits per heavy atom. The van der Waals surface area contributed by atoms with E-state index in [-0.39, 0.29) is 16.6 Å². The average molecular weight is 300 g/mol. The zero-order chi connectivity index (χ0) is 14.9. The summed E-state index contributed by atoms with van der Waals surface area (Å²) in [5, 5.41) is 20.0. The number of halogens is 1. The lowest BCUT2D eigenvalue weighted by Crippen LogP contribution is -2.43. The average Bonchev–Trinajstić information content (AvgIpc) is 2.37. The van der Waals surface area contributed by atoms with Gasteiger partial charge in [0, 0.05) is 19.2 Å². The van der Waals surface area contributed by atoms with Crippen molar-refractivity contribution in [3.05, 3.63) is 27.4 Å². The molecule has 108 valence electrons.